The predicted octanol–water partition coefficient (Wildman–Crippen LogP) is 16.5. The first-order valence-corrected chi connectivity index (χ1v) is 28.5. The molecule has 2 atom stereocenters. The fraction of sp³-hybridized carbons (Fsp3) is 0.783. The van der Waals surface area contributed by atoms with Crippen molar-refractivity contribution >= 4 is 17.9 Å². The van der Waals surface area contributed by atoms with E-state index in [2.05, 4.69) is 74.6 Å². The van der Waals surface area contributed by atoms with E-state index in [0.29, 0.717) is 23.9 Å². The molecule has 0 aromatic rings. The standard InChI is InChI=1S/C60H107NO8/c1-6-8-10-12-14-16-18-20-22-24-26-28-29-31-33-35-37-39-41-43-45-47-49-51-58(63)69-56(55-68-60(59(64)65)66-53-52-61(3,4)5)54-67-57(62)50-48-46-44-42-40-38-36-34-32-30-27-25-23-21-19-17-15-13-11-9-7-2/h18-21,24-27,29,31,56,60H,6-17,22-23,28,30,32-55H2,1-5H3/p+1/b20-18-,21-19-,26-24-,27-25-,31-29-. The highest BCUT2D eigenvalue weighted by molar-refractivity contribution is 5.71. The Bertz CT molecular complexity index is 1310. The van der Waals surface area contributed by atoms with Crippen LogP contribution in [0.1, 0.15) is 245 Å². The van der Waals surface area contributed by atoms with Gasteiger partial charge in [0.1, 0.15) is 13.2 Å². The first-order valence-electron chi connectivity index (χ1n) is 28.5. The molecule has 0 spiro atoms. The molecule has 9 nitrogen and oxygen atoms in total. The van der Waals surface area contributed by atoms with Crippen molar-refractivity contribution in [3.05, 3.63) is 60.8 Å². The van der Waals surface area contributed by atoms with Crippen molar-refractivity contribution in [1.82, 2.24) is 0 Å². The Morgan fingerprint density at radius 2 is 0.783 bits per heavy atom. The van der Waals surface area contributed by atoms with Gasteiger partial charge in [-0.3, -0.25) is 9.59 Å². The Morgan fingerprint density at radius 1 is 0.435 bits per heavy atom. The number of esters is 2. The highest BCUT2D eigenvalue weighted by Gasteiger charge is 2.25. The van der Waals surface area contributed by atoms with Crippen molar-refractivity contribution < 1.29 is 42.9 Å². The van der Waals surface area contributed by atoms with Crippen LogP contribution >= 0.6 is 0 Å². The first-order chi connectivity index (χ1) is 33.6. The number of aliphatic carboxylic acids is 1. The zero-order valence-corrected chi connectivity index (χ0v) is 45.5. The summed E-state index contributed by atoms with van der Waals surface area (Å²) >= 11 is 0. The van der Waals surface area contributed by atoms with Crippen LogP contribution in [0.2, 0.25) is 0 Å². The van der Waals surface area contributed by atoms with Gasteiger partial charge in [0.15, 0.2) is 6.10 Å². The molecule has 0 heterocycles. The minimum atomic E-state index is -1.52. The molecule has 0 aromatic heterocycles. The van der Waals surface area contributed by atoms with Crippen LogP contribution in [0.25, 0.3) is 0 Å². The van der Waals surface area contributed by atoms with Gasteiger partial charge in [0.05, 0.1) is 34.4 Å². The fourth-order valence-corrected chi connectivity index (χ4v) is 7.82. The van der Waals surface area contributed by atoms with E-state index in [9.17, 15) is 19.5 Å². The van der Waals surface area contributed by atoms with Gasteiger partial charge in [0, 0.05) is 12.8 Å². The molecule has 2 unspecified atom stereocenters. The van der Waals surface area contributed by atoms with E-state index in [0.717, 1.165) is 64.2 Å². The quantitative estimate of drug-likeness (QED) is 0.0211. The fourth-order valence-electron chi connectivity index (χ4n) is 7.82. The second kappa shape index (κ2) is 51.3. The van der Waals surface area contributed by atoms with Gasteiger partial charge in [-0.1, -0.05) is 209 Å². The zero-order chi connectivity index (χ0) is 50.6. The summed E-state index contributed by atoms with van der Waals surface area (Å²) in [4.78, 5) is 37.4. The Balaban J connectivity index is 4.30. The number of carbonyl (C=O) groups excluding carboxylic acids is 2. The number of nitrogens with zero attached hydrogens (tertiary/aromatic N) is 1. The first kappa shape index (κ1) is 66.0. The molecule has 0 saturated heterocycles. The number of ether oxygens (including phenoxy) is 4. The summed E-state index contributed by atoms with van der Waals surface area (Å²) < 4.78 is 22.9. The lowest BCUT2D eigenvalue weighted by Crippen LogP contribution is -2.40. The van der Waals surface area contributed by atoms with Crippen molar-refractivity contribution in [2.24, 2.45) is 0 Å². The average Bonchev–Trinajstić information content (AvgIpc) is 3.31. The number of allylic oxidation sites excluding steroid dienone is 10. The largest absolute Gasteiger partial charge is 0.477 e. The molecule has 69 heavy (non-hydrogen) atoms. The third kappa shape index (κ3) is 52.6. The smallest absolute Gasteiger partial charge is 0.361 e. The van der Waals surface area contributed by atoms with Crippen LogP contribution in [-0.4, -0.2) is 87.4 Å². The third-order valence-corrected chi connectivity index (χ3v) is 12.2. The Hall–Kier alpha value is -3.01. The lowest BCUT2D eigenvalue weighted by molar-refractivity contribution is -0.870. The Kier molecular flexibility index (Phi) is 49.1. The molecule has 0 rings (SSSR count). The molecular weight excluding hydrogens is 863 g/mol. The summed E-state index contributed by atoms with van der Waals surface area (Å²) in [5.74, 6) is -2.02. The zero-order valence-electron chi connectivity index (χ0n) is 45.5. The van der Waals surface area contributed by atoms with E-state index in [1.807, 2.05) is 21.1 Å². The number of hydrogen-bond acceptors (Lipinski definition) is 7. The van der Waals surface area contributed by atoms with Crippen molar-refractivity contribution in [1.29, 1.82) is 0 Å². The maximum atomic E-state index is 12.9. The van der Waals surface area contributed by atoms with E-state index in [1.165, 1.54) is 148 Å². The van der Waals surface area contributed by atoms with Crippen LogP contribution in [0, 0.1) is 0 Å². The van der Waals surface area contributed by atoms with Crippen LogP contribution in [0.5, 0.6) is 0 Å². The summed E-state index contributed by atoms with van der Waals surface area (Å²) in [6.07, 6.45) is 61.4. The number of unbranched alkanes of at least 4 members (excludes halogenated alkanes) is 27. The molecule has 0 aliphatic rings. The molecule has 0 aliphatic heterocycles. The SMILES string of the molecule is CCCCCCC/C=C\C/C=C\C/C=C\CCCCCCCCCCC(=O)OC(COC(=O)CCCCCCCCCCC/C=C\C/C=C\CCCCCCC)COC(OCC[N+](C)(C)C)C(=O)O. The number of hydrogen-bond donors (Lipinski definition) is 1. The summed E-state index contributed by atoms with van der Waals surface area (Å²) in [6.45, 7) is 4.85. The van der Waals surface area contributed by atoms with Gasteiger partial charge in [0.2, 0.25) is 0 Å². The number of likely N-dealkylation sites (N-methyl/N-ethyl adjacent to an activating group) is 1. The average molecular weight is 972 g/mol. The summed E-state index contributed by atoms with van der Waals surface area (Å²) in [7, 11) is 5.96. The molecule has 400 valence electrons. The lowest BCUT2D eigenvalue weighted by Gasteiger charge is -2.25. The van der Waals surface area contributed by atoms with Gasteiger partial charge in [0.25, 0.3) is 6.29 Å². The van der Waals surface area contributed by atoms with Gasteiger partial charge < -0.3 is 28.5 Å². The minimum Gasteiger partial charge on any atom is -0.477 e. The normalized spacial score (nSPS) is 13.2. The lowest BCUT2D eigenvalue weighted by atomic mass is 10.1. The molecule has 0 aliphatic carbocycles. The highest BCUT2D eigenvalue weighted by Crippen LogP contribution is 2.15. The van der Waals surface area contributed by atoms with Crippen molar-refractivity contribution in [2.45, 2.75) is 257 Å². The molecule has 0 fully saturated rings. The highest BCUT2D eigenvalue weighted by atomic mass is 16.7. The van der Waals surface area contributed by atoms with Gasteiger partial charge in [-0.05, 0) is 83.5 Å². The molecule has 0 radical (unpaired) electrons. The monoisotopic (exact) mass is 971 g/mol. The molecule has 0 amide bonds. The van der Waals surface area contributed by atoms with Gasteiger partial charge >= 0.3 is 17.9 Å². The van der Waals surface area contributed by atoms with E-state index >= 15 is 0 Å². The van der Waals surface area contributed by atoms with Gasteiger partial charge in [-0.15, -0.1) is 0 Å². The summed E-state index contributed by atoms with van der Waals surface area (Å²) in [5.41, 5.74) is 0. The Morgan fingerprint density at radius 3 is 1.16 bits per heavy atom. The Labute approximate surface area is 425 Å². The van der Waals surface area contributed by atoms with Crippen molar-refractivity contribution in [2.75, 3.05) is 47.5 Å². The molecule has 0 saturated carbocycles. The molecule has 1 N–H and O–H groups in total. The van der Waals surface area contributed by atoms with Gasteiger partial charge in [-0.25, -0.2) is 4.79 Å². The van der Waals surface area contributed by atoms with Crippen molar-refractivity contribution in [3.8, 4) is 0 Å². The summed E-state index contributed by atoms with van der Waals surface area (Å²) in [6, 6.07) is 0. The number of carbonyl (C=O) groups is 3. The minimum absolute atomic E-state index is 0.183. The number of carboxylic acids is 1. The van der Waals surface area contributed by atoms with Gasteiger partial charge in [-0.2, -0.15) is 0 Å². The maximum Gasteiger partial charge on any atom is 0.361 e. The topological polar surface area (TPSA) is 108 Å². The third-order valence-electron chi connectivity index (χ3n) is 12.2. The molecule has 9 heteroatoms. The van der Waals surface area contributed by atoms with Crippen molar-refractivity contribution in [3.63, 3.8) is 0 Å². The maximum absolute atomic E-state index is 12.9. The van der Waals surface area contributed by atoms with E-state index in [1.54, 1.807) is 0 Å². The van der Waals surface area contributed by atoms with Crippen LogP contribution in [-0.2, 0) is 33.3 Å². The van der Waals surface area contributed by atoms with Crippen LogP contribution in [0.3, 0.4) is 0 Å². The second-order valence-corrected chi connectivity index (χ2v) is 20.2. The molecule has 0 aromatic carbocycles. The van der Waals surface area contributed by atoms with E-state index in [4.69, 9.17) is 18.9 Å². The molecular formula is C60H108NO8+. The number of quaternary nitrogens is 1. The predicted molar refractivity (Wildman–Crippen MR) is 290 cm³/mol. The molecule has 0 bridgehead atoms. The number of rotatable bonds is 52. The van der Waals surface area contributed by atoms with E-state index < -0.39 is 24.3 Å². The van der Waals surface area contributed by atoms with Crippen LogP contribution in [0.4, 0.5) is 0 Å². The van der Waals surface area contributed by atoms with E-state index in [-0.39, 0.29) is 32.2 Å². The number of carboxylic acid groups (broad SMARTS) is 1. The van der Waals surface area contributed by atoms with Crippen LogP contribution in [0.15, 0.2) is 60.8 Å². The van der Waals surface area contributed by atoms with Crippen LogP contribution < -0.4 is 0 Å². The second-order valence-electron chi connectivity index (χ2n) is 20.2. The summed E-state index contributed by atoms with van der Waals surface area (Å²) in [5, 5.41) is 9.70.